The molecule has 0 saturated carbocycles. The molecule has 248 valence electrons. The summed E-state index contributed by atoms with van der Waals surface area (Å²) in [5, 5.41) is 3.63. The molecule has 2 heterocycles. The number of nitrogens with zero attached hydrogens (tertiary/aromatic N) is 2. The topological polar surface area (TPSA) is 25.8 Å². The Labute approximate surface area is 312 Å². The van der Waals surface area contributed by atoms with E-state index in [-0.39, 0.29) is 0 Å². The second-order valence-corrected chi connectivity index (χ2v) is 14.4. The van der Waals surface area contributed by atoms with E-state index in [1.165, 1.54) is 54.2 Å². The van der Waals surface area contributed by atoms with Gasteiger partial charge in [0.15, 0.2) is 5.82 Å². The third-order valence-corrected chi connectivity index (χ3v) is 11.2. The highest BCUT2D eigenvalue weighted by molar-refractivity contribution is 7.26. The third kappa shape index (κ3) is 5.78. The number of rotatable bonds is 6. The van der Waals surface area contributed by atoms with E-state index in [1.54, 1.807) is 11.3 Å². The first-order valence-electron chi connectivity index (χ1n) is 17.9. The van der Waals surface area contributed by atoms with Crippen molar-refractivity contribution in [3.63, 3.8) is 0 Å². The summed E-state index contributed by atoms with van der Waals surface area (Å²) in [6.07, 6.45) is 0. The van der Waals surface area contributed by atoms with E-state index in [0.717, 1.165) is 44.0 Å². The maximum atomic E-state index is 5.29. The zero-order valence-corrected chi connectivity index (χ0v) is 29.6. The van der Waals surface area contributed by atoms with E-state index >= 15 is 0 Å². The minimum Gasteiger partial charge on any atom is -0.226 e. The lowest BCUT2D eigenvalue weighted by Crippen LogP contribution is -1.94. The Bertz CT molecular complexity index is 2870. The first-order valence-corrected chi connectivity index (χ1v) is 18.7. The predicted molar refractivity (Wildman–Crippen MR) is 225 cm³/mol. The maximum Gasteiger partial charge on any atom is 0.160 e. The Morgan fingerprint density at radius 2 is 0.811 bits per heavy atom. The van der Waals surface area contributed by atoms with Gasteiger partial charge < -0.3 is 0 Å². The van der Waals surface area contributed by atoms with Crippen molar-refractivity contribution >= 4 is 42.4 Å². The van der Waals surface area contributed by atoms with Crippen LogP contribution in [0.15, 0.2) is 194 Å². The van der Waals surface area contributed by atoms with Crippen LogP contribution in [0.1, 0.15) is 0 Å². The van der Waals surface area contributed by atoms with Gasteiger partial charge in [-0.3, -0.25) is 0 Å². The summed E-state index contributed by atoms with van der Waals surface area (Å²) in [5.41, 5.74) is 13.5. The zero-order valence-electron chi connectivity index (χ0n) is 28.8. The van der Waals surface area contributed by atoms with Gasteiger partial charge in [-0.1, -0.05) is 158 Å². The van der Waals surface area contributed by atoms with Crippen LogP contribution in [0.25, 0.3) is 98.2 Å². The SMILES string of the molecule is c1ccc(-c2cc(-c3ccccc3)cc(-c3cccc(-c4cccc(-c5nc(-c6ccccc6)nc6c5sc5ccc7ccccc7c56)c4)c3)c2)cc1. The van der Waals surface area contributed by atoms with Gasteiger partial charge in [0.05, 0.1) is 15.9 Å². The normalized spacial score (nSPS) is 11.4. The summed E-state index contributed by atoms with van der Waals surface area (Å²) >= 11 is 1.78. The molecule has 0 aliphatic heterocycles. The molecule has 0 aliphatic carbocycles. The molecule has 0 unspecified atom stereocenters. The molecular formula is C50H32N2S. The molecule has 0 spiro atoms. The largest absolute Gasteiger partial charge is 0.226 e. The summed E-state index contributed by atoms with van der Waals surface area (Å²) in [5.74, 6) is 0.737. The van der Waals surface area contributed by atoms with E-state index in [0.29, 0.717) is 0 Å². The average Bonchev–Trinajstić information content (AvgIpc) is 3.63. The van der Waals surface area contributed by atoms with Crippen LogP contribution in [0.3, 0.4) is 0 Å². The highest BCUT2D eigenvalue weighted by Crippen LogP contribution is 2.43. The van der Waals surface area contributed by atoms with Crippen LogP contribution >= 0.6 is 11.3 Å². The van der Waals surface area contributed by atoms with Gasteiger partial charge in [-0.2, -0.15) is 0 Å². The van der Waals surface area contributed by atoms with Gasteiger partial charge in [0, 0.05) is 21.2 Å². The molecule has 10 rings (SSSR count). The number of hydrogen-bond acceptors (Lipinski definition) is 3. The van der Waals surface area contributed by atoms with Crippen molar-refractivity contribution in [1.82, 2.24) is 9.97 Å². The molecular weight excluding hydrogens is 661 g/mol. The Morgan fingerprint density at radius 3 is 1.45 bits per heavy atom. The number of thiophene rings is 1. The smallest absolute Gasteiger partial charge is 0.160 e. The van der Waals surface area contributed by atoms with Crippen molar-refractivity contribution in [2.45, 2.75) is 0 Å². The number of fused-ring (bicyclic) bond motifs is 5. The molecule has 0 aliphatic rings. The van der Waals surface area contributed by atoms with Crippen molar-refractivity contribution in [2.24, 2.45) is 0 Å². The second kappa shape index (κ2) is 13.1. The maximum absolute atomic E-state index is 5.29. The minimum atomic E-state index is 0.737. The van der Waals surface area contributed by atoms with Gasteiger partial charge in [0.2, 0.25) is 0 Å². The summed E-state index contributed by atoms with van der Waals surface area (Å²) in [6.45, 7) is 0. The Morgan fingerprint density at radius 1 is 0.340 bits per heavy atom. The first kappa shape index (κ1) is 31.1. The van der Waals surface area contributed by atoms with Gasteiger partial charge in [-0.05, 0) is 91.7 Å². The molecule has 0 saturated heterocycles. The molecule has 0 bridgehead atoms. The lowest BCUT2D eigenvalue weighted by atomic mass is 9.92. The van der Waals surface area contributed by atoms with Crippen LogP contribution in [-0.2, 0) is 0 Å². The van der Waals surface area contributed by atoms with E-state index < -0.39 is 0 Å². The fourth-order valence-electron chi connectivity index (χ4n) is 7.43. The van der Waals surface area contributed by atoms with Crippen LogP contribution in [-0.4, -0.2) is 9.97 Å². The van der Waals surface area contributed by atoms with E-state index in [9.17, 15) is 0 Å². The Kier molecular flexibility index (Phi) is 7.71. The zero-order chi connectivity index (χ0) is 35.1. The van der Waals surface area contributed by atoms with Gasteiger partial charge in [0.1, 0.15) is 0 Å². The summed E-state index contributed by atoms with van der Waals surface area (Å²) in [4.78, 5) is 10.5. The third-order valence-electron chi connectivity index (χ3n) is 10.0. The average molecular weight is 693 g/mol. The standard InChI is InChI=1S/C50H32N2S/c1-4-14-33(15-5-1)41-30-42(34-16-6-2-7-17-34)32-43(31-41)39-23-12-21-37(28-39)38-22-13-24-40(29-38)47-49-48(52-50(51-47)36-19-8-3-9-20-36)46-44-25-11-10-18-35(44)26-27-45(46)53-49/h1-32H. The summed E-state index contributed by atoms with van der Waals surface area (Å²) in [7, 11) is 0. The van der Waals surface area contributed by atoms with Crippen LogP contribution in [0, 0.1) is 0 Å². The summed E-state index contributed by atoms with van der Waals surface area (Å²) < 4.78 is 2.32. The molecule has 53 heavy (non-hydrogen) atoms. The fraction of sp³-hybridized carbons (Fsp3) is 0. The molecule has 0 fully saturated rings. The molecule has 0 amide bonds. The predicted octanol–water partition coefficient (Wildman–Crippen LogP) is 14.0. The minimum absolute atomic E-state index is 0.737. The molecule has 0 radical (unpaired) electrons. The van der Waals surface area contributed by atoms with Crippen LogP contribution in [0.5, 0.6) is 0 Å². The van der Waals surface area contributed by atoms with Gasteiger partial charge >= 0.3 is 0 Å². The quantitative estimate of drug-likeness (QED) is 0.173. The van der Waals surface area contributed by atoms with Crippen molar-refractivity contribution < 1.29 is 0 Å². The Balaban J connectivity index is 1.12. The lowest BCUT2D eigenvalue weighted by molar-refractivity contribution is 1.24. The Hall–Kier alpha value is -6.68. The molecule has 0 N–H and O–H groups in total. The molecule has 10 aromatic rings. The van der Waals surface area contributed by atoms with E-state index in [1.807, 2.05) is 6.07 Å². The monoisotopic (exact) mass is 692 g/mol. The highest BCUT2D eigenvalue weighted by atomic mass is 32.1. The van der Waals surface area contributed by atoms with Crippen molar-refractivity contribution in [2.75, 3.05) is 0 Å². The van der Waals surface area contributed by atoms with Crippen LogP contribution < -0.4 is 0 Å². The van der Waals surface area contributed by atoms with Crippen LogP contribution in [0.2, 0.25) is 0 Å². The molecule has 8 aromatic carbocycles. The fourth-order valence-corrected chi connectivity index (χ4v) is 8.60. The van der Waals surface area contributed by atoms with Gasteiger partial charge in [-0.25, -0.2) is 9.97 Å². The van der Waals surface area contributed by atoms with Crippen molar-refractivity contribution in [1.29, 1.82) is 0 Å². The molecule has 0 atom stereocenters. The van der Waals surface area contributed by atoms with Crippen molar-refractivity contribution in [3.05, 3.63) is 194 Å². The van der Waals surface area contributed by atoms with Crippen molar-refractivity contribution in [3.8, 4) is 67.2 Å². The summed E-state index contributed by atoms with van der Waals surface area (Å²) in [6, 6.07) is 69.3. The van der Waals surface area contributed by atoms with Gasteiger partial charge in [0.25, 0.3) is 0 Å². The van der Waals surface area contributed by atoms with Crippen LogP contribution in [0.4, 0.5) is 0 Å². The number of benzene rings is 8. The second-order valence-electron chi connectivity index (χ2n) is 13.4. The molecule has 3 heteroatoms. The molecule has 2 aromatic heterocycles. The van der Waals surface area contributed by atoms with Gasteiger partial charge in [-0.15, -0.1) is 11.3 Å². The highest BCUT2D eigenvalue weighted by Gasteiger charge is 2.19. The molecule has 2 nitrogen and oxygen atoms in total. The number of hydrogen-bond donors (Lipinski definition) is 0. The van der Waals surface area contributed by atoms with E-state index in [2.05, 4.69) is 188 Å². The first-order chi connectivity index (χ1) is 26.2. The lowest BCUT2D eigenvalue weighted by Gasteiger charge is -2.13. The number of aromatic nitrogens is 2. The van der Waals surface area contributed by atoms with E-state index in [4.69, 9.17) is 9.97 Å².